The van der Waals surface area contributed by atoms with Crippen LogP contribution in [0.5, 0.6) is 0 Å². The predicted molar refractivity (Wildman–Crippen MR) is 55.4 cm³/mol. The number of pyridine rings is 1. The summed E-state index contributed by atoms with van der Waals surface area (Å²) in [6, 6.07) is 5.50. The van der Waals surface area contributed by atoms with E-state index in [2.05, 4.69) is 4.98 Å². The molecule has 0 atom stereocenters. The van der Waals surface area contributed by atoms with Gasteiger partial charge in [0, 0.05) is 20.3 Å². The molecule has 1 aromatic heterocycles. The lowest BCUT2D eigenvalue weighted by atomic mass is 10.4. The number of ether oxygens (including phenoxy) is 2. The summed E-state index contributed by atoms with van der Waals surface area (Å²) < 4.78 is 10.3. The van der Waals surface area contributed by atoms with Crippen molar-refractivity contribution < 1.29 is 9.47 Å². The number of rotatable bonds is 6. The van der Waals surface area contributed by atoms with Crippen LogP contribution in [0.2, 0.25) is 5.15 Å². The third-order valence-corrected chi connectivity index (χ3v) is 1.87. The first kappa shape index (κ1) is 11.4. The largest absolute Gasteiger partial charge is 0.385 e. The summed E-state index contributed by atoms with van der Waals surface area (Å²) in [5.74, 6) is 0. The van der Waals surface area contributed by atoms with Gasteiger partial charge in [0.1, 0.15) is 5.15 Å². The van der Waals surface area contributed by atoms with Gasteiger partial charge in [0.05, 0.1) is 12.3 Å². The van der Waals surface area contributed by atoms with Gasteiger partial charge in [-0.15, -0.1) is 0 Å². The molecular formula is C10H14ClNO2. The summed E-state index contributed by atoms with van der Waals surface area (Å²) in [5, 5.41) is 0.503. The molecule has 0 aliphatic heterocycles. The molecule has 3 nitrogen and oxygen atoms in total. The highest BCUT2D eigenvalue weighted by molar-refractivity contribution is 6.29. The van der Waals surface area contributed by atoms with Crippen LogP contribution in [0.3, 0.4) is 0 Å². The van der Waals surface area contributed by atoms with Crippen LogP contribution >= 0.6 is 11.6 Å². The van der Waals surface area contributed by atoms with E-state index in [1.165, 1.54) is 0 Å². The molecule has 0 unspecified atom stereocenters. The lowest BCUT2D eigenvalue weighted by Crippen LogP contribution is -2.00. The maximum Gasteiger partial charge on any atom is 0.129 e. The Morgan fingerprint density at radius 1 is 1.36 bits per heavy atom. The number of methoxy groups -OCH3 is 1. The second-order valence-corrected chi connectivity index (χ2v) is 3.24. The highest BCUT2D eigenvalue weighted by Gasteiger charge is 1.95. The smallest absolute Gasteiger partial charge is 0.129 e. The number of nitrogens with zero attached hydrogens (tertiary/aromatic N) is 1. The van der Waals surface area contributed by atoms with Crippen LogP contribution in [0.15, 0.2) is 18.2 Å². The highest BCUT2D eigenvalue weighted by atomic mass is 35.5. The van der Waals surface area contributed by atoms with Crippen molar-refractivity contribution in [1.82, 2.24) is 4.98 Å². The Bertz CT molecular complexity index is 268. The molecule has 0 saturated carbocycles. The van der Waals surface area contributed by atoms with E-state index in [-0.39, 0.29) is 0 Å². The zero-order valence-corrected chi connectivity index (χ0v) is 8.96. The van der Waals surface area contributed by atoms with E-state index in [0.29, 0.717) is 18.4 Å². The lowest BCUT2D eigenvalue weighted by molar-refractivity contribution is 0.0911. The van der Waals surface area contributed by atoms with Gasteiger partial charge in [-0.2, -0.15) is 0 Å². The van der Waals surface area contributed by atoms with E-state index in [0.717, 1.165) is 18.7 Å². The fourth-order valence-electron chi connectivity index (χ4n) is 1.01. The van der Waals surface area contributed by atoms with Crippen molar-refractivity contribution in [2.45, 2.75) is 13.0 Å². The third kappa shape index (κ3) is 4.56. The van der Waals surface area contributed by atoms with Crippen LogP contribution in [-0.4, -0.2) is 25.3 Å². The summed E-state index contributed by atoms with van der Waals surface area (Å²) in [6.45, 7) is 1.91. The molecule has 1 aromatic rings. The minimum atomic E-state index is 0.503. The fraction of sp³-hybridized carbons (Fsp3) is 0.500. The van der Waals surface area contributed by atoms with E-state index in [4.69, 9.17) is 21.1 Å². The second-order valence-electron chi connectivity index (χ2n) is 2.85. The first-order valence-electron chi connectivity index (χ1n) is 4.51. The molecule has 1 rings (SSSR count). The molecule has 4 heteroatoms. The molecule has 0 aromatic carbocycles. The van der Waals surface area contributed by atoms with Gasteiger partial charge in [-0.3, -0.25) is 0 Å². The van der Waals surface area contributed by atoms with E-state index < -0.39 is 0 Å². The highest BCUT2D eigenvalue weighted by Crippen LogP contribution is 2.05. The second kappa shape index (κ2) is 6.76. The number of halogens is 1. The van der Waals surface area contributed by atoms with Crippen LogP contribution < -0.4 is 0 Å². The molecule has 14 heavy (non-hydrogen) atoms. The molecule has 0 N–H and O–H groups in total. The summed E-state index contributed by atoms with van der Waals surface area (Å²) in [6.07, 6.45) is 0.900. The van der Waals surface area contributed by atoms with Crippen molar-refractivity contribution in [2.24, 2.45) is 0 Å². The van der Waals surface area contributed by atoms with Crippen LogP contribution in [0.4, 0.5) is 0 Å². The molecule has 0 spiro atoms. The Hall–Kier alpha value is -0.640. The van der Waals surface area contributed by atoms with Crippen LogP contribution in [0, 0.1) is 0 Å². The summed E-state index contributed by atoms with van der Waals surface area (Å²) in [4.78, 5) is 4.10. The SMILES string of the molecule is COCCCOCc1cccc(Cl)n1. The average molecular weight is 216 g/mol. The Balaban J connectivity index is 2.18. The van der Waals surface area contributed by atoms with Gasteiger partial charge in [-0.25, -0.2) is 4.98 Å². The molecule has 0 saturated heterocycles. The molecule has 0 fully saturated rings. The van der Waals surface area contributed by atoms with Gasteiger partial charge in [-0.05, 0) is 18.6 Å². The molecule has 0 aliphatic rings. The Labute approximate surface area is 89.0 Å². The maximum absolute atomic E-state index is 5.72. The average Bonchev–Trinajstić information content (AvgIpc) is 2.18. The fourth-order valence-corrected chi connectivity index (χ4v) is 1.19. The number of hydrogen-bond acceptors (Lipinski definition) is 3. The first-order valence-corrected chi connectivity index (χ1v) is 4.89. The van der Waals surface area contributed by atoms with Crippen LogP contribution in [0.25, 0.3) is 0 Å². The Kier molecular flexibility index (Phi) is 5.52. The van der Waals surface area contributed by atoms with E-state index in [9.17, 15) is 0 Å². The van der Waals surface area contributed by atoms with Crippen molar-refractivity contribution in [3.8, 4) is 0 Å². The zero-order valence-electron chi connectivity index (χ0n) is 8.20. The quantitative estimate of drug-likeness (QED) is 0.539. The van der Waals surface area contributed by atoms with E-state index in [1.807, 2.05) is 12.1 Å². The molecule has 0 aliphatic carbocycles. The van der Waals surface area contributed by atoms with Gasteiger partial charge in [0.15, 0.2) is 0 Å². The summed E-state index contributed by atoms with van der Waals surface area (Å²) >= 11 is 5.72. The summed E-state index contributed by atoms with van der Waals surface area (Å²) in [7, 11) is 1.68. The number of aromatic nitrogens is 1. The van der Waals surface area contributed by atoms with Crippen molar-refractivity contribution >= 4 is 11.6 Å². The van der Waals surface area contributed by atoms with Crippen LogP contribution in [0.1, 0.15) is 12.1 Å². The minimum Gasteiger partial charge on any atom is -0.385 e. The zero-order chi connectivity index (χ0) is 10.2. The normalized spacial score (nSPS) is 10.4. The first-order chi connectivity index (χ1) is 6.83. The minimum absolute atomic E-state index is 0.503. The Morgan fingerprint density at radius 2 is 2.21 bits per heavy atom. The lowest BCUT2D eigenvalue weighted by Gasteiger charge is -2.03. The monoisotopic (exact) mass is 215 g/mol. The summed E-state index contributed by atoms with van der Waals surface area (Å²) in [5.41, 5.74) is 0.856. The van der Waals surface area contributed by atoms with Crippen molar-refractivity contribution in [3.05, 3.63) is 29.0 Å². The van der Waals surface area contributed by atoms with Gasteiger partial charge < -0.3 is 9.47 Å². The van der Waals surface area contributed by atoms with E-state index >= 15 is 0 Å². The molecule has 78 valence electrons. The molecule has 1 heterocycles. The molecule has 0 bridgehead atoms. The van der Waals surface area contributed by atoms with Crippen molar-refractivity contribution in [2.75, 3.05) is 20.3 Å². The third-order valence-electron chi connectivity index (χ3n) is 1.66. The van der Waals surface area contributed by atoms with Gasteiger partial charge in [0.2, 0.25) is 0 Å². The van der Waals surface area contributed by atoms with Crippen molar-refractivity contribution in [1.29, 1.82) is 0 Å². The molecule has 0 amide bonds. The standard InChI is InChI=1S/C10H14ClNO2/c1-13-6-3-7-14-8-9-4-2-5-10(11)12-9/h2,4-5H,3,6-8H2,1H3. The van der Waals surface area contributed by atoms with Crippen LogP contribution in [-0.2, 0) is 16.1 Å². The van der Waals surface area contributed by atoms with Gasteiger partial charge >= 0.3 is 0 Å². The number of hydrogen-bond donors (Lipinski definition) is 0. The van der Waals surface area contributed by atoms with Gasteiger partial charge in [-0.1, -0.05) is 17.7 Å². The maximum atomic E-state index is 5.72. The van der Waals surface area contributed by atoms with Crippen molar-refractivity contribution in [3.63, 3.8) is 0 Å². The molecule has 0 radical (unpaired) electrons. The Morgan fingerprint density at radius 3 is 2.93 bits per heavy atom. The molecular weight excluding hydrogens is 202 g/mol. The van der Waals surface area contributed by atoms with Gasteiger partial charge in [0.25, 0.3) is 0 Å². The van der Waals surface area contributed by atoms with E-state index in [1.54, 1.807) is 13.2 Å². The topological polar surface area (TPSA) is 31.4 Å². The predicted octanol–water partition coefficient (Wildman–Crippen LogP) is 2.29.